The first-order valence-corrected chi connectivity index (χ1v) is 7.51. The fraction of sp³-hybridized carbons (Fsp3) is 0.733. The minimum absolute atomic E-state index is 0.00348. The van der Waals surface area contributed by atoms with Crippen LogP contribution >= 0.6 is 0 Å². The molecule has 6 nitrogen and oxygen atoms in total. The Balaban J connectivity index is 1.90. The average molecular weight is 294 g/mol. The fourth-order valence-electron chi connectivity index (χ4n) is 3.14. The Morgan fingerprint density at radius 1 is 1.52 bits per heavy atom. The highest BCUT2D eigenvalue weighted by Gasteiger charge is 2.28. The Hall–Kier alpha value is -1.56. The van der Waals surface area contributed by atoms with Crippen molar-refractivity contribution < 1.29 is 9.32 Å². The van der Waals surface area contributed by atoms with Gasteiger partial charge in [0.2, 0.25) is 0 Å². The number of urea groups is 1. The van der Waals surface area contributed by atoms with E-state index in [1.165, 1.54) is 0 Å². The first-order chi connectivity index (χ1) is 9.88. The molecule has 1 N–H and O–H groups in total. The van der Waals surface area contributed by atoms with Crippen molar-refractivity contribution in [2.24, 2.45) is 5.92 Å². The lowest BCUT2D eigenvalue weighted by Crippen LogP contribution is -2.40. The molecule has 1 saturated heterocycles. The van der Waals surface area contributed by atoms with Crippen LogP contribution in [0.15, 0.2) is 4.52 Å². The molecule has 21 heavy (non-hydrogen) atoms. The average Bonchev–Trinajstić information content (AvgIpc) is 2.96. The summed E-state index contributed by atoms with van der Waals surface area (Å²) >= 11 is 0. The van der Waals surface area contributed by atoms with Gasteiger partial charge in [-0.2, -0.15) is 0 Å². The zero-order chi connectivity index (χ0) is 15.6. The molecule has 0 aromatic carbocycles. The number of hydrogen-bond donors (Lipinski definition) is 1. The molecule has 0 saturated carbocycles. The summed E-state index contributed by atoms with van der Waals surface area (Å²) in [5.41, 5.74) is 1.82. The summed E-state index contributed by atoms with van der Waals surface area (Å²) in [7, 11) is 4.14. The molecule has 1 aromatic rings. The molecule has 0 bridgehead atoms. The Morgan fingerprint density at radius 2 is 2.24 bits per heavy atom. The largest absolute Gasteiger partial charge is 0.361 e. The number of aromatic nitrogens is 1. The summed E-state index contributed by atoms with van der Waals surface area (Å²) in [5, 5.41) is 6.99. The highest BCUT2D eigenvalue weighted by molar-refractivity contribution is 5.75. The normalized spacial score (nSPS) is 20.1. The van der Waals surface area contributed by atoms with Gasteiger partial charge in [0.1, 0.15) is 5.76 Å². The van der Waals surface area contributed by atoms with E-state index in [2.05, 4.69) is 29.5 Å². The number of amides is 2. The van der Waals surface area contributed by atoms with Gasteiger partial charge in [0.25, 0.3) is 0 Å². The van der Waals surface area contributed by atoms with Crippen LogP contribution < -0.4 is 5.32 Å². The molecule has 0 aliphatic carbocycles. The van der Waals surface area contributed by atoms with Crippen LogP contribution in [0.1, 0.15) is 36.4 Å². The Bertz CT molecular complexity index is 478. The molecule has 0 radical (unpaired) electrons. The third-order valence-corrected chi connectivity index (χ3v) is 4.06. The first kappa shape index (κ1) is 15.8. The van der Waals surface area contributed by atoms with Crippen LogP contribution in [-0.2, 0) is 0 Å². The maximum Gasteiger partial charge on any atom is 0.317 e. The van der Waals surface area contributed by atoms with E-state index in [4.69, 9.17) is 4.52 Å². The molecule has 2 atom stereocenters. The topological polar surface area (TPSA) is 61.6 Å². The summed E-state index contributed by atoms with van der Waals surface area (Å²) in [6, 6.07) is -0.0830. The van der Waals surface area contributed by atoms with Crippen molar-refractivity contribution in [1.82, 2.24) is 20.3 Å². The number of carbonyl (C=O) groups is 1. The Labute approximate surface area is 126 Å². The van der Waals surface area contributed by atoms with Gasteiger partial charge in [-0.05, 0) is 47.2 Å². The lowest BCUT2D eigenvalue weighted by atomic mass is 10.1. The second-order valence-corrected chi connectivity index (χ2v) is 6.27. The summed E-state index contributed by atoms with van der Waals surface area (Å²) in [5.74, 6) is 1.34. The van der Waals surface area contributed by atoms with Crippen molar-refractivity contribution in [3.63, 3.8) is 0 Å². The molecule has 2 heterocycles. The van der Waals surface area contributed by atoms with Crippen molar-refractivity contribution in [3.8, 4) is 0 Å². The maximum atomic E-state index is 12.4. The third kappa shape index (κ3) is 3.75. The molecule has 2 rings (SSSR count). The molecular weight excluding hydrogens is 268 g/mol. The van der Waals surface area contributed by atoms with Crippen LogP contribution in [0.4, 0.5) is 4.79 Å². The molecule has 0 unspecified atom stereocenters. The van der Waals surface area contributed by atoms with Crippen molar-refractivity contribution in [2.45, 2.75) is 33.2 Å². The fourth-order valence-corrected chi connectivity index (χ4v) is 3.14. The highest BCUT2D eigenvalue weighted by Crippen LogP contribution is 2.22. The van der Waals surface area contributed by atoms with E-state index >= 15 is 0 Å². The molecule has 0 spiro atoms. The number of nitrogens with one attached hydrogen (secondary N) is 1. The number of nitrogens with zero attached hydrogens (tertiary/aromatic N) is 3. The second-order valence-electron chi connectivity index (χ2n) is 6.27. The zero-order valence-electron chi connectivity index (χ0n) is 13.6. The van der Waals surface area contributed by atoms with Crippen molar-refractivity contribution in [2.75, 3.05) is 33.7 Å². The van der Waals surface area contributed by atoms with Gasteiger partial charge in [0, 0.05) is 25.2 Å². The van der Waals surface area contributed by atoms with E-state index in [-0.39, 0.29) is 12.1 Å². The van der Waals surface area contributed by atoms with E-state index in [0.717, 1.165) is 43.1 Å². The van der Waals surface area contributed by atoms with Gasteiger partial charge in [0.15, 0.2) is 0 Å². The molecular formula is C15H26N4O2. The molecule has 6 heteroatoms. The van der Waals surface area contributed by atoms with Gasteiger partial charge in [-0.1, -0.05) is 5.16 Å². The summed E-state index contributed by atoms with van der Waals surface area (Å²) in [6.45, 7) is 8.44. The third-order valence-electron chi connectivity index (χ3n) is 4.06. The summed E-state index contributed by atoms with van der Waals surface area (Å²) < 4.78 is 5.16. The van der Waals surface area contributed by atoms with Crippen LogP contribution in [0, 0.1) is 19.8 Å². The monoisotopic (exact) mass is 294 g/mol. The van der Waals surface area contributed by atoms with Crippen LogP contribution in [0.25, 0.3) is 0 Å². The van der Waals surface area contributed by atoms with Crippen molar-refractivity contribution >= 4 is 6.03 Å². The molecule has 1 aliphatic rings. The van der Waals surface area contributed by atoms with Crippen molar-refractivity contribution in [3.05, 3.63) is 17.0 Å². The molecule has 1 aliphatic heterocycles. The van der Waals surface area contributed by atoms with Gasteiger partial charge in [0.05, 0.1) is 11.7 Å². The van der Waals surface area contributed by atoms with E-state index in [1.807, 2.05) is 25.7 Å². The smallest absolute Gasteiger partial charge is 0.317 e. The van der Waals surface area contributed by atoms with E-state index in [1.54, 1.807) is 0 Å². The van der Waals surface area contributed by atoms with Crippen LogP contribution in [0.3, 0.4) is 0 Å². The standard InChI is InChI=1S/C15H26N4O2/c1-10(14-11(2)17-21-12(14)3)16-15(20)19-7-6-13(9-19)8-18(4)5/h10,13H,6-9H2,1-5H3,(H,16,20)/t10-,13+/m1/s1. The van der Waals surface area contributed by atoms with Gasteiger partial charge in [-0.3, -0.25) is 0 Å². The zero-order valence-corrected chi connectivity index (χ0v) is 13.6. The lowest BCUT2D eigenvalue weighted by Gasteiger charge is -2.21. The van der Waals surface area contributed by atoms with Gasteiger partial charge >= 0.3 is 6.03 Å². The van der Waals surface area contributed by atoms with Gasteiger partial charge in [-0.15, -0.1) is 0 Å². The quantitative estimate of drug-likeness (QED) is 0.922. The second kappa shape index (κ2) is 6.47. The van der Waals surface area contributed by atoms with Crippen LogP contribution in [-0.4, -0.2) is 54.7 Å². The minimum atomic E-state index is -0.0864. The summed E-state index contributed by atoms with van der Waals surface area (Å²) in [4.78, 5) is 16.4. The van der Waals surface area contributed by atoms with Gasteiger partial charge < -0.3 is 19.6 Å². The molecule has 1 fully saturated rings. The van der Waals surface area contributed by atoms with E-state index in [9.17, 15) is 4.79 Å². The van der Waals surface area contributed by atoms with E-state index in [0.29, 0.717) is 5.92 Å². The maximum absolute atomic E-state index is 12.4. The number of rotatable bonds is 4. The van der Waals surface area contributed by atoms with E-state index < -0.39 is 0 Å². The molecule has 1 aromatic heterocycles. The number of likely N-dealkylation sites (tertiary alicyclic amines) is 1. The van der Waals surface area contributed by atoms with Crippen molar-refractivity contribution in [1.29, 1.82) is 0 Å². The first-order valence-electron chi connectivity index (χ1n) is 7.51. The highest BCUT2D eigenvalue weighted by atomic mass is 16.5. The predicted octanol–water partition coefficient (Wildman–Crippen LogP) is 1.95. The van der Waals surface area contributed by atoms with Crippen LogP contribution in [0.5, 0.6) is 0 Å². The van der Waals surface area contributed by atoms with Gasteiger partial charge in [-0.25, -0.2) is 4.79 Å². The number of aryl methyl sites for hydroxylation is 2. The lowest BCUT2D eigenvalue weighted by molar-refractivity contribution is 0.202. The molecule has 118 valence electrons. The SMILES string of the molecule is Cc1noc(C)c1[C@@H](C)NC(=O)N1CC[C@@H](CN(C)C)C1. The number of hydrogen-bond acceptors (Lipinski definition) is 4. The minimum Gasteiger partial charge on any atom is -0.361 e. The number of carbonyl (C=O) groups excluding carboxylic acids is 1. The molecule has 2 amide bonds. The van der Waals surface area contributed by atoms with Crippen LogP contribution in [0.2, 0.25) is 0 Å². The Morgan fingerprint density at radius 3 is 2.81 bits per heavy atom. The predicted molar refractivity (Wildman–Crippen MR) is 81.2 cm³/mol. The Kier molecular flexibility index (Phi) is 4.88. The summed E-state index contributed by atoms with van der Waals surface area (Å²) in [6.07, 6.45) is 1.07.